The molecular weight excluding hydrogens is 426 g/mol. The molecule has 0 saturated carbocycles. The second-order valence-electron chi connectivity index (χ2n) is 9.34. The monoisotopic (exact) mass is 461 g/mol. The lowest BCUT2D eigenvalue weighted by Crippen LogP contribution is -2.45. The van der Waals surface area contributed by atoms with Gasteiger partial charge >= 0.3 is 0 Å². The first-order valence-corrected chi connectivity index (χ1v) is 14.9. The average molecular weight is 462 g/mol. The maximum Gasteiger partial charge on any atom is 0.244 e. The predicted octanol–water partition coefficient (Wildman–Crippen LogP) is 5.54. The number of nitrogens with zero attached hydrogens (tertiary/aromatic N) is 1. The number of rotatable bonds is 9. The Morgan fingerprint density at radius 2 is 1.77 bits per heavy atom. The third kappa shape index (κ3) is 6.10. The summed E-state index contributed by atoms with van der Waals surface area (Å²) < 4.78 is 40.7. The lowest BCUT2D eigenvalue weighted by Gasteiger charge is -2.39. The topological polar surface area (TPSA) is 59.8 Å². The summed E-state index contributed by atoms with van der Waals surface area (Å²) in [6.07, 6.45) is 5.76. The molecule has 0 unspecified atom stereocenters. The van der Waals surface area contributed by atoms with Crippen LogP contribution in [0, 0.1) is 19.3 Å². The molecule has 1 aromatic heterocycles. The SMILES string of the molecule is C#CCN(C[C@H](O[Si](C)(C)C(C)(C)C)c1ccc(CC)o1)S(=O)(=O)c1ccc(C)cc1. The van der Waals surface area contributed by atoms with Crippen molar-refractivity contribution in [1.82, 2.24) is 4.31 Å². The lowest BCUT2D eigenvalue weighted by molar-refractivity contribution is 0.133. The zero-order chi connectivity index (χ0) is 23.4. The third-order valence-corrected chi connectivity index (χ3v) is 12.2. The van der Waals surface area contributed by atoms with Gasteiger partial charge in [-0.2, -0.15) is 4.31 Å². The standard InChI is InChI=1S/C24H35NO4SSi/c1-9-17-25(30(26,27)21-14-11-19(3)12-15-21)18-23(22-16-13-20(10-2)28-22)29-31(7,8)24(4,5)6/h1,11-16,23H,10,17-18H2,2-8H3/t23-/m0/s1. The number of furan rings is 1. The van der Waals surface area contributed by atoms with Gasteiger partial charge in [-0.05, 0) is 49.3 Å². The number of terminal acetylenes is 1. The molecule has 0 N–H and O–H groups in total. The Labute approximate surface area is 189 Å². The fourth-order valence-corrected chi connectivity index (χ4v) is 5.48. The van der Waals surface area contributed by atoms with Crippen LogP contribution in [0.15, 0.2) is 45.7 Å². The van der Waals surface area contributed by atoms with E-state index in [9.17, 15) is 8.42 Å². The van der Waals surface area contributed by atoms with Crippen molar-refractivity contribution in [3.8, 4) is 12.3 Å². The molecule has 1 aromatic carbocycles. The van der Waals surface area contributed by atoms with E-state index in [1.807, 2.05) is 26.0 Å². The van der Waals surface area contributed by atoms with Crippen molar-refractivity contribution < 1.29 is 17.3 Å². The largest absolute Gasteiger partial charge is 0.463 e. The van der Waals surface area contributed by atoms with Gasteiger partial charge in [-0.3, -0.25) is 0 Å². The van der Waals surface area contributed by atoms with Crippen molar-refractivity contribution in [2.45, 2.75) is 70.2 Å². The molecular formula is C24H35NO4SSi. The summed E-state index contributed by atoms with van der Waals surface area (Å²) in [4.78, 5) is 0.216. The van der Waals surface area contributed by atoms with Gasteiger partial charge in [0, 0.05) is 13.0 Å². The predicted molar refractivity (Wildman–Crippen MR) is 128 cm³/mol. The van der Waals surface area contributed by atoms with Crippen molar-refractivity contribution in [3.05, 3.63) is 53.5 Å². The van der Waals surface area contributed by atoms with E-state index >= 15 is 0 Å². The molecule has 2 aromatic rings. The lowest BCUT2D eigenvalue weighted by atomic mass is 10.2. The van der Waals surface area contributed by atoms with Gasteiger partial charge in [0.2, 0.25) is 10.0 Å². The van der Waals surface area contributed by atoms with Crippen LogP contribution in [-0.2, 0) is 20.9 Å². The highest BCUT2D eigenvalue weighted by Gasteiger charge is 2.41. The molecule has 1 heterocycles. The van der Waals surface area contributed by atoms with Crippen LogP contribution >= 0.6 is 0 Å². The van der Waals surface area contributed by atoms with Crippen LogP contribution in [0.4, 0.5) is 0 Å². The first kappa shape index (κ1) is 25.4. The minimum absolute atomic E-state index is 0.0434. The Kier molecular flexibility index (Phi) is 7.98. The molecule has 0 radical (unpaired) electrons. The first-order valence-electron chi connectivity index (χ1n) is 10.6. The number of hydrogen-bond donors (Lipinski definition) is 0. The molecule has 0 saturated heterocycles. The zero-order valence-electron chi connectivity index (χ0n) is 19.7. The summed E-state index contributed by atoms with van der Waals surface area (Å²) >= 11 is 0. The molecule has 31 heavy (non-hydrogen) atoms. The fraction of sp³-hybridized carbons (Fsp3) is 0.500. The molecule has 0 fully saturated rings. The number of hydrogen-bond acceptors (Lipinski definition) is 4. The molecule has 0 amide bonds. The summed E-state index contributed by atoms with van der Waals surface area (Å²) in [6.45, 7) is 14.7. The van der Waals surface area contributed by atoms with E-state index in [4.69, 9.17) is 15.3 Å². The molecule has 0 bridgehead atoms. The van der Waals surface area contributed by atoms with E-state index in [0.717, 1.165) is 17.7 Å². The Morgan fingerprint density at radius 3 is 2.26 bits per heavy atom. The van der Waals surface area contributed by atoms with Gasteiger partial charge in [-0.25, -0.2) is 8.42 Å². The van der Waals surface area contributed by atoms with Crippen LogP contribution in [0.5, 0.6) is 0 Å². The second-order valence-corrected chi connectivity index (χ2v) is 16.0. The summed E-state index contributed by atoms with van der Waals surface area (Å²) in [5.41, 5.74) is 0.990. The highest BCUT2D eigenvalue weighted by molar-refractivity contribution is 7.89. The third-order valence-electron chi connectivity index (χ3n) is 5.89. The van der Waals surface area contributed by atoms with E-state index in [-0.39, 0.29) is 23.0 Å². The van der Waals surface area contributed by atoms with Gasteiger partial charge in [0.25, 0.3) is 0 Å². The fourth-order valence-electron chi connectivity index (χ4n) is 2.87. The average Bonchev–Trinajstić information content (AvgIpc) is 3.15. The van der Waals surface area contributed by atoms with Crippen LogP contribution in [0.25, 0.3) is 0 Å². The van der Waals surface area contributed by atoms with Crippen LogP contribution in [0.1, 0.15) is 50.9 Å². The maximum atomic E-state index is 13.4. The Hall–Kier alpha value is -1.85. The van der Waals surface area contributed by atoms with Crippen LogP contribution in [0.3, 0.4) is 0 Å². The van der Waals surface area contributed by atoms with Gasteiger partial charge in [0.15, 0.2) is 8.32 Å². The minimum atomic E-state index is -3.79. The van der Waals surface area contributed by atoms with Gasteiger partial charge in [0.1, 0.15) is 17.6 Å². The summed E-state index contributed by atoms with van der Waals surface area (Å²) in [6, 6.07) is 10.6. The molecule has 1 atom stereocenters. The van der Waals surface area contributed by atoms with Crippen molar-refractivity contribution >= 4 is 18.3 Å². The van der Waals surface area contributed by atoms with Crippen LogP contribution in [-0.4, -0.2) is 34.1 Å². The highest BCUT2D eigenvalue weighted by atomic mass is 32.2. The summed E-state index contributed by atoms with van der Waals surface area (Å²) in [5.74, 6) is 3.96. The number of sulfonamides is 1. The van der Waals surface area contributed by atoms with Gasteiger partial charge in [0.05, 0.1) is 11.4 Å². The molecule has 0 aliphatic heterocycles. The molecule has 5 nitrogen and oxygen atoms in total. The highest BCUT2D eigenvalue weighted by Crippen LogP contribution is 2.40. The van der Waals surface area contributed by atoms with Crippen molar-refractivity contribution in [3.63, 3.8) is 0 Å². The molecule has 2 rings (SSSR count). The maximum absolute atomic E-state index is 13.4. The van der Waals surface area contributed by atoms with Crippen LogP contribution in [0.2, 0.25) is 18.1 Å². The van der Waals surface area contributed by atoms with E-state index in [2.05, 4.69) is 39.8 Å². The van der Waals surface area contributed by atoms with Gasteiger partial charge < -0.3 is 8.84 Å². The molecule has 170 valence electrons. The van der Waals surface area contributed by atoms with Crippen molar-refractivity contribution in [2.24, 2.45) is 0 Å². The molecule has 7 heteroatoms. The molecule has 0 aliphatic rings. The van der Waals surface area contributed by atoms with E-state index in [0.29, 0.717) is 5.76 Å². The Balaban J connectivity index is 2.45. The van der Waals surface area contributed by atoms with Crippen molar-refractivity contribution in [1.29, 1.82) is 0 Å². The number of benzene rings is 1. The zero-order valence-corrected chi connectivity index (χ0v) is 21.5. The van der Waals surface area contributed by atoms with E-state index < -0.39 is 24.4 Å². The molecule has 0 spiro atoms. The molecule has 0 aliphatic carbocycles. The minimum Gasteiger partial charge on any atom is -0.463 e. The normalized spacial score (nSPS) is 13.9. The van der Waals surface area contributed by atoms with Crippen LogP contribution < -0.4 is 0 Å². The summed E-state index contributed by atoms with van der Waals surface area (Å²) in [7, 11) is -6.01. The first-order chi connectivity index (χ1) is 14.3. The van der Waals surface area contributed by atoms with Gasteiger partial charge in [-0.15, -0.1) is 6.42 Å². The quantitative estimate of drug-likeness (QED) is 0.363. The van der Waals surface area contributed by atoms with Crippen molar-refractivity contribution in [2.75, 3.05) is 13.1 Å². The Bertz CT molecular complexity index is 1010. The number of aryl methyl sites for hydroxylation is 2. The van der Waals surface area contributed by atoms with E-state index in [1.54, 1.807) is 24.3 Å². The summed E-state index contributed by atoms with van der Waals surface area (Å²) in [5, 5.41) is -0.0434. The van der Waals surface area contributed by atoms with E-state index in [1.165, 1.54) is 4.31 Å². The second kappa shape index (κ2) is 9.74. The van der Waals surface area contributed by atoms with Gasteiger partial charge in [-0.1, -0.05) is 51.3 Å². The Morgan fingerprint density at radius 1 is 1.16 bits per heavy atom. The smallest absolute Gasteiger partial charge is 0.244 e.